The first-order chi connectivity index (χ1) is 12.0. The number of benzene rings is 2. The van der Waals surface area contributed by atoms with Gasteiger partial charge in [-0.3, -0.25) is 14.5 Å². The smallest absolute Gasteiger partial charge is 0.260 e. The zero-order valence-electron chi connectivity index (χ0n) is 13.5. The van der Waals surface area contributed by atoms with Gasteiger partial charge < -0.3 is 5.11 Å². The molecule has 0 aliphatic carbocycles. The second-order valence-electron chi connectivity index (χ2n) is 5.90. The number of nitrogens with zero attached hydrogens (tertiary/aromatic N) is 1. The Balaban J connectivity index is 1.77. The summed E-state index contributed by atoms with van der Waals surface area (Å²) in [6.07, 6.45) is 2.30. The number of amides is 2. The molecule has 25 heavy (non-hydrogen) atoms. The van der Waals surface area contributed by atoms with Crippen molar-refractivity contribution in [2.75, 3.05) is 6.54 Å². The van der Waals surface area contributed by atoms with Crippen molar-refractivity contribution in [3.05, 3.63) is 59.9 Å². The van der Waals surface area contributed by atoms with E-state index in [2.05, 4.69) is 0 Å². The highest BCUT2D eigenvalue weighted by Gasteiger charge is 2.32. The van der Waals surface area contributed by atoms with Gasteiger partial charge in [0.25, 0.3) is 5.91 Å². The molecule has 1 aliphatic heterocycles. The van der Waals surface area contributed by atoms with Gasteiger partial charge in [0.15, 0.2) is 0 Å². The maximum atomic E-state index is 13.1. The Bertz CT molecular complexity index is 761. The highest BCUT2D eigenvalue weighted by atomic mass is 32.2. The SMILES string of the molecule is O=C(c1ccc(F)cc1)N1CCCCC(Sc2ccc(O)cc2)C1=O. The second kappa shape index (κ2) is 7.70. The lowest BCUT2D eigenvalue weighted by Gasteiger charge is -2.22. The minimum absolute atomic E-state index is 0.171. The van der Waals surface area contributed by atoms with Crippen LogP contribution in [0.1, 0.15) is 29.6 Å². The van der Waals surface area contributed by atoms with Crippen molar-refractivity contribution in [1.29, 1.82) is 0 Å². The van der Waals surface area contributed by atoms with E-state index < -0.39 is 5.82 Å². The van der Waals surface area contributed by atoms with Crippen LogP contribution in [0.3, 0.4) is 0 Å². The predicted molar refractivity (Wildman–Crippen MR) is 94.0 cm³/mol. The lowest BCUT2D eigenvalue weighted by atomic mass is 10.2. The summed E-state index contributed by atoms with van der Waals surface area (Å²) in [4.78, 5) is 27.7. The second-order valence-corrected chi connectivity index (χ2v) is 7.17. The quantitative estimate of drug-likeness (QED) is 0.846. The molecule has 1 atom stereocenters. The Morgan fingerprint density at radius 1 is 1.08 bits per heavy atom. The summed E-state index contributed by atoms with van der Waals surface area (Å²) in [6.45, 7) is 0.377. The molecule has 2 amide bonds. The van der Waals surface area contributed by atoms with E-state index in [9.17, 15) is 19.1 Å². The molecule has 0 aromatic heterocycles. The number of hydrogen-bond donors (Lipinski definition) is 1. The van der Waals surface area contributed by atoms with Crippen LogP contribution in [-0.2, 0) is 4.79 Å². The normalized spacial score (nSPS) is 18.0. The summed E-state index contributed by atoms with van der Waals surface area (Å²) in [5, 5.41) is 9.01. The molecule has 3 rings (SSSR count). The first-order valence-corrected chi connectivity index (χ1v) is 8.99. The Morgan fingerprint density at radius 2 is 1.76 bits per heavy atom. The first kappa shape index (κ1) is 17.5. The Kier molecular flexibility index (Phi) is 5.38. The molecule has 4 nitrogen and oxygen atoms in total. The van der Waals surface area contributed by atoms with Crippen LogP contribution in [0.4, 0.5) is 4.39 Å². The molecule has 1 fully saturated rings. The van der Waals surface area contributed by atoms with Crippen LogP contribution < -0.4 is 0 Å². The summed E-state index contributed by atoms with van der Waals surface area (Å²) in [5.41, 5.74) is 0.310. The van der Waals surface area contributed by atoms with Crippen molar-refractivity contribution in [3.8, 4) is 5.75 Å². The summed E-state index contributed by atoms with van der Waals surface area (Å²) in [6, 6.07) is 11.9. The van der Waals surface area contributed by atoms with Gasteiger partial charge in [-0.2, -0.15) is 0 Å². The minimum atomic E-state index is -0.417. The number of carbonyl (C=O) groups excluding carboxylic acids is 2. The van der Waals surface area contributed by atoms with Crippen LogP contribution >= 0.6 is 11.8 Å². The van der Waals surface area contributed by atoms with Gasteiger partial charge in [0.2, 0.25) is 5.91 Å². The molecular weight excluding hydrogens is 341 g/mol. The van der Waals surface area contributed by atoms with Crippen LogP contribution in [0, 0.1) is 5.82 Å². The largest absolute Gasteiger partial charge is 0.508 e. The average molecular weight is 359 g/mol. The van der Waals surface area contributed by atoms with E-state index >= 15 is 0 Å². The number of phenolic OH excluding ortho intramolecular Hbond substituents is 1. The Morgan fingerprint density at radius 3 is 2.44 bits per heavy atom. The number of halogens is 1. The highest BCUT2D eigenvalue weighted by molar-refractivity contribution is 8.00. The van der Waals surface area contributed by atoms with Crippen molar-refractivity contribution >= 4 is 23.6 Å². The van der Waals surface area contributed by atoms with Gasteiger partial charge in [-0.15, -0.1) is 11.8 Å². The Labute approximate surface area is 149 Å². The number of carbonyl (C=O) groups is 2. The first-order valence-electron chi connectivity index (χ1n) is 8.11. The van der Waals surface area contributed by atoms with Gasteiger partial charge in [0, 0.05) is 17.0 Å². The van der Waals surface area contributed by atoms with Crippen LogP contribution in [0.25, 0.3) is 0 Å². The van der Waals surface area contributed by atoms with E-state index in [4.69, 9.17) is 0 Å². The van der Waals surface area contributed by atoms with E-state index in [-0.39, 0.29) is 22.8 Å². The molecule has 0 saturated carbocycles. The summed E-state index contributed by atoms with van der Waals surface area (Å²) < 4.78 is 13.1. The lowest BCUT2D eigenvalue weighted by Crippen LogP contribution is -2.41. The molecule has 1 heterocycles. The van der Waals surface area contributed by atoms with Crippen LogP contribution in [-0.4, -0.2) is 33.6 Å². The minimum Gasteiger partial charge on any atom is -0.508 e. The molecule has 1 N–H and O–H groups in total. The fraction of sp³-hybridized carbons (Fsp3) is 0.263. The molecule has 2 aromatic rings. The zero-order chi connectivity index (χ0) is 17.8. The van der Waals surface area contributed by atoms with Gasteiger partial charge in [-0.25, -0.2) is 4.39 Å². The van der Waals surface area contributed by atoms with Gasteiger partial charge in [0.05, 0.1) is 5.25 Å². The van der Waals surface area contributed by atoms with Gasteiger partial charge in [-0.05, 0) is 61.4 Å². The standard InChI is InChI=1S/C19H18FNO3S/c20-14-6-4-13(5-7-14)18(23)21-12-2-1-3-17(19(21)24)25-16-10-8-15(22)9-11-16/h4-11,17,22H,1-3,12H2. The number of thioether (sulfide) groups is 1. The number of hydrogen-bond acceptors (Lipinski definition) is 4. The van der Waals surface area contributed by atoms with Crippen LogP contribution in [0.15, 0.2) is 53.4 Å². The molecule has 1 saturated heterocycles. The third-order valence-electron chi connectivity index (χ3n) is 4.09. The van der Waals surface area contributed by atoms with E-state index in [1.54, 1.807) is 24.3 Å². The predicted octanol–water partition coefficient (Wildman–Crippen LogP) is 3.84. The number of aromatic hydroxyl groups is 1. The number of likely N-dealkylation sites (tertiary alicyclic amines) is 1. The van der Waals surface area contributed by atoms with Crippen molar-refractivity contribution in [2.45, 2.75) is 29.4 Å². The van der Waals surface area contributed by atoms with Crippen molar-refractivity contribution in [1.82, 2.24) is 4.90 Å². The fourth-order valence-corrected chi connectivity index (χ4v) is 3.89. The molecule has 0 spiro atoms. The molecule has 130 valence electrons. The molecule has 2 aromatic carbocycles. The fourth-order valence-electron chi connectivity index (χ4n) is 2.76. The maximum absolute atomic E-state index is 13.1. The third kappa shape index (κ3) is 4.20. The van der Waals surface area contributed by atoms with Crippen LogP contribution in [0.5, 0.6) is 5.75 Å². The van der Waals surface area contributed by atoms with E-state index in [1.165, 1.54) is 40.9 Å². The summed E-state index contributed by atoms with van der Waals surface area (Å²) in [7, 11) is 0. The number of phenols is 1. The molecule has 1 aliphatic rings. The van der Waals surface area contributed by atoms with Crippen molar-refractivity contribution in [2.24, 2.45) is 0 Å². The van der Waals surface area contributed by atoms with Gasteiger partial charge in [0.1, 0.15) is 11.6 Å². The Hall–Kier alpha value is -2.34. The molecule has 0 bridgehead atoms. The average Bonchev–Trinajstić information content (AvgIpc) is 2.79. The zero-order valence-corrected chi connectivity index (χ0v) is 14.3. The lowest BCUT2D eigenvalue weighted by molar-refractivity contribution is -0.127. The van der Waals surface area contributed by atoms with Crippen LogP contribution in [0.2, 0.25) is 0 Å². The van der Waals surface area contributed by atoms with E-state index in [0.29, 0.717) is 18.5 Å². The van der Waals surface area contributed by atoms with Gasteiger partial charge in [-0.1, -0.05) is 6.42 Å². The van der Waals surface area contributed by atoms with Crippen molar-refractivity contribution < 1.29 is 19.1 Å². The molecule has 6 heteroatoms. The summed E-state index contributed by atoms with van der Waals surface area (Å²) >= 11 is 1.40. The van der Waals surface area contributed by atoms with E-state index in [0.717, 1.165) is 17.7 Å². The monoisotopic (exact) mass is 359 g/mol. The van der Waals surface area contributed by atoms with E-state index in [1.807, 2.05) is 0 Å². The topological polar surface area (TPSA) is 57.6 Å². The van der Waals surface area contributed by atoms with Gasteiger partial charge >= 0.3 is 0 Å². The molecule has 1 unspecified atom stereocenters. The number of imide groups is 1. The number of rotatable bonds is 3. The molecule has 0 radical (unpaired) electrons. The third-order valence-corrected chi connectivity index (χ3v) is 5.36. The summed E-state index contributed by atoms with van der Waals surface area (Å²) in [5.74, 6) is -0.850. The van der Waals surface area contributed by atoms with Crippen molar-refractivity contribution in [3.63, 3.8) is 0 Å². The maximum Gasteiger partial charge on any atom is 0.260 e. The molecular formula is C19H18FNO3S. The highest BCUT2D eigenvalue weighted by Crippen LogP contribution is 2.31.